The molecule has 0 amide bonds. The zero-order chi connectivity index (χ0) is 36.4. The van der Waals surface area contributed by atoms with Gasteiger partial charge in [0.1, 0.15) is 0 Å². The highest BCUT2D eigenvalue weighted by Gasteiger charge is 2.19. The standard InChI is InChI=1S/C54H44/c1-3-5-7-15-37-25-29-39(30-26-37)41-17-9-11-19-43(41)45-33-35-51-50-24-14-22-48-46(34-36-52(54(48)50)49-23-13-21-47(45)53(49)51)44-20-12-10-18-42(44)40-31-27-38(28-32-40)16-8-6-4-2/h3-4,9-14,17-36H,1-2,5-8,15-16H2. The van der Waals surface area contributed by atoms with Gasteiger partial charge in [-0.25, -0.2) is 0 Å². The molecule has 0 aliphatic carbocycles. The van der Waals surface area contributed by atoms with E-state index in [2.05, 4.69) is 171 Å². The first-order valence-corrected chi connectivity index (χ1v) is 19.4. The van der Waals surface area contributed by atoms with Crippen molar-refractivity contribution in [1.82, 2.24) is 0 Å². The van der Waals surface area contributed by atoms with Crippen molar-refractivity contribution in [2.45, 2.75) is 38.5 Å². The Hall–Kier alpha value is -6.24. The highest BCUT2D eigenvalue weighted by Crippen LogP contribution is 2.47. The minimum Gasteiger partial charge on any atom is -0.103 e. The molecular weight excluding hydrogens is 649 g/mol. The lowest BCUT2D eigenvalue weighted by atomic mass is 9.83. The third kappa shape index (κ3) is 5.99. The van der Waals surface area contributed by atoms with Crippen molar-refractivity contribution in [3.8, 4) is 44.5 Å². The van der Waals surface area contributed by atoms with Gasteiger partial charge in [-0.15, -0.1) is 13.2 Å². The molecule has 0 spiro atoms. The summed E-state index contributed by atoms with van der Waals surface area (Å²) in [6.07, 6.45) is 10.6. The minimum atomic E-state index is 1.05. The maximum absolute atomic E-state index is 3.88. The van der Waals surface area contributed by atoms with E-state index in [1.54, 1.807) is 0 Å². The maximum Gasteiger partial charge on any atom is -0.00201 e. The molecular formula is C54H44. The summed E-state index contributed by atoms with van der Waals surface area (Å²) in [5.74, 6) is 0. The lowest BCUT2D eigenvalue weighted by molar-refractivity contribution is 0.844. The second-order valence-electron chi connectivity index (χ2n) is 14.6. The van der Waals surface area contributed by atoms with E-state index in [0.29, 0.717) is 0 Å². The summed E-state index contributed by atoms with van der Waals surface area (Å²) in [5.41, 5.74) is 12.9. The summed E-state index contributed by atoms with van der Waals surface area (Å²) in [7, 11) is 0. The molecule has 0 saturated carbocycles. The van der Waals surface area contributed by atoms with Crippen LogP contribution in [0.3, 0.4) is 0 Å². The lowest BCUT2D eigenvalue weighted by Crippen LogP contribution is -1.93. The fourth-order valence-corrected chi connectivity index (χ4v) is 8.72. The monoisotopic (exact) mass is 692 g/mol. The van der Waals surface area contributed by atoms with Crippen molar-refractivity contribution in [1.29, 1.82) is 0 Å². The molecule has 9 aromatic carbocycles. The van der Waals surface area contributed by atoms with Gasteiger partial charge in [-0.2, -0.15) is 0 Å². The average molecular weight is 693 g/mol. The number of aryl methyl sites for hydroxylation is 2. The van der Waals surface area contributed by atoms with Crippen LogP contribution >= 0.6 is 0 Å². The number of allylic oxidation sites excluding steroid dienone is 2. The van der Waals surface area contributed by atoms with E-state index < -0.39 is 0 Å². The Kier molecular flexibility index (Phi) is 9.11. The zero-order valence-electron chi connectivity index (χ0n) is 30.8. The van der Waals surface area contributed by atoms with Crippen molar-refractivity contribution in [2.75, 3.05) is 0 Å². The van der Waals surface area contributed by atoms with Gasteiger partial charge in [0.05, 0.1) is 0 Å². The van der Waals surface area contributed by atoms with E-state index in [4.69, 9.17) is 0 Å². The van der Waals surface area contributed by atoms with E-state index in [1.165, 1.54) is 98.7 Å². The Morgan fingerprint density at radius 2 is 0.685 bits per heavy atom. The smallest absolute Gasteiger partial charge is 0.00201 e. The van der Waals surface area contributed by atoms with Crippen LogP contribution in [0.5, 0.6) is 0 Å². The van der Waals surface area contributed by atoms with Crippen LogP contribution in [0.25, 0.3) is 87.6 Å². The number of hydrogen-bond acceptors (Lipinski definition) is 0. The van der Waals surface area contributed by atoms with Crippen molar-refractivity contribution in [3.63, 3.8) is 0 Å². The van der Waals surface area contributed by atoms with Crippen LogP contribution in [0.2, 0.25) is 0 Å². The van der Waals surface area contributed by atoms with Gasteiger partial charge < -0.3 is 0 Å². The highest BCUT2D eigenvalue weighted by molar-refractivity contribution is 6.35. The Bertz CT molecular complexity index is 2560. The maximum atomic E-state index is 3.88. The van der Waals surface area contributed by atoms with Gasteiger partial charge in [-0.05, 0) is 137 Å². The molecule has 0 aliphatic heterocycles. The molecule has 0 bridgehead atoms. The molecule has 0 aromatic heterocycles. The van der Waals surface area contributed by atoms with Gasteiger partial charge in [-0.3, -0.25) is 0 Å². The van der Waals surface area contributed by atoms with Crippen LogP contribution < -0.4 is 0 Å². The molecule has 0 heteroatoms. The third-order valence-electron chi connectivity index (χ3n) is 11.4. The van der Waals surface area contributed by atoms with Gasteiger partial charge in [0.2, 0.25) is 0 Å². The first kappa shape index (κ1) is 33.6. The van der Waals surface area contributed by atoms with Crippen molar-refractivity contribution < 1.29 is 0 Å². The van der Waals surface area contributed by atoms with E-state index in [9.17, 15) is 0 Å². The summed E-state index contributed by atoms with van der Waals surface area (Å²) in [5, 5.41) is 10.5. The number of rotatable bonds is 12. The van der Waals surface area contributed by atoms with Gasteiger partial charge in [0.25, 0.3) is 0 Å². The molecule has 0 N–H and O–H groups in total. The van der Waals surface area contributed by atoms with Crippen LogP contribution in [0.1, 0.15) is 36.8 Å². The normalized spacial score (nSPS) is 11.6. The molecule has 260 valence electrons. The first-order chi connectivity index (χ1) is 26.7. The second kappa shape index (κ2) is 14.6. The van der Waals surface area contributed by atoms with E-state index in [0.717, 1.165) is 38.5 Å². The van der Waals surface area contributed by atoms with Crippen molar-refractivity contribution in [2.24, 2.45) is 0 Å². The van der Waals surface area contributed by atoms with Crippen LogP contribution in [-0.4, -0.2) is 0 Å². The minimum absolute atomic E-state index is 1.05. The van der Waals surface area contributed by atoms with E-state index >= 15 is 0 Å². The molecule has 0 aliphatic rings. The molecule has 0 heterocycles. The van der Waals surface area contributed by atoms with Gasteiger partial charge in [0, 0.05) is 0 Å². The van der Waals surface area contributed by atoms with Crippen LogP contribution in [0.4, 0.5) is 0 Å². The van der Waals surface area contributed by atoms with Gasteiger partial charge in [0.15, 0.2) is 0 Å². The Labute approximate surface area is 319 Å². The third-order valence-corrected chi connectivity index (χ3v) is 11.4. The zero-order valence-corrected chi connectivity index (χ0v) is 30.8. The molecule has 0 unspecified atom stereocenters. The highest BCUT2D eigenvalue weighted by atomic mass is 14.2. The number of hydrogen-bond donors (Lipinski definition) is 0. The summed E-state index contributed by atoms with van der Waals surface area (Å²) in [6.45, 7) is 7.76. The van der Waals surface area contributed by atoms with Gasteiger partial charge in [-0.1, -0.05) is 170 Å². The second-order valence-corrected chi connectivity index (χ2v) is 14.6. The number of benzene rings is 9. The number of unbranched alkanes of at least 4 members (excludes halogenated alkanes) is 2. The largest absolute Gasteiger partial charge is 0.103 e. The van der Waals surface area contributed by atoms with Crippen molar-refractivity contribution in [3.05, 3.63) is 194 Å². The van der Waals surface area contributed by atoms with E-state index in [1.807, 2.05) is 12.2 Å². The SMILES string of the molecule is C=CCCCc1ccc(-c2ccccc2-c2ccc3c4cccc5c(-c6ccccc6-c6ccc(CCCC=C)cc6)ccc(c6cccc2c63)c54)cc1. The predicted molar refractivity (Wildman–Crippen MR) is 236 cm³/mol. The van der Waals surface area contributed by atoms with E-state index in [-0.39, 0.29) is 0 Å². The lowest BCUT2D eigenvalue weighted by Gasteiger charge is -2.20. The predicted octanol–water partition coefficient (Wildman–Crippen LogP) is 15.4. The molecule has 0 saturated heterocycles. The number of fused-ring (bicyclic) bond motifs is 2. The fourth-order valence-electron chi connectivity index (χ4n) is 8.72. The van der Waals surface area contributed by atoms with Gasteiger partial charge >= 0.3 is 0 Å². The topological polar surface area (TPSA) is 0 Å². The molecule has 9 aromatic rings. The molecule has 0 radical (unpaired) electrons. The summed E-state index contributed by atoms with van der Waals surface area (Å²) < 4.78 is 0. The van der Waals surface area contributed by atoms with Crippen LogP contribution in [0.15, 0.2) is 183 Å². The molecule has 0 fully saturated rings. The Morgan fingerprint density at radius 1 is 0.315 bits per heavy atom. The average Bonchev–Trinajstić information content (AvgIpc) is 3.23. The summed E-state index contributed by atoms with van der Waals surface area (Å²) in [6, 6.07) is 59.3. The summed E-state index contributed by atoms with van der Waals surface area (Å²) in [4.78, 5) is 0. The van der Waals surface area contributed by atoms with Crippen molar-refractivity contribution >= 4 is 43.1 Å². The molecule has 0 nitrogen and oxygen atoms in total. The molecule has 54 heavy (non-hydrogen) atoms. The van der Waals surface area contributed by atoms with Crippen LogP contribution in [0, 0.1) is 0 Å². The molecule has 9 rings (SSSR count). The molecule has 0 atom stereocenters. The Balaban J connectivity index is 1.17. The Morgan fingerprint density at radius 3 is 1.09 bits per heavy atom. The van der Waals surface area contributed by atoms with Crippen LogP contribution in [-0.2, 0) is 12.8 Å². The quantitative estimate of drug-likeness (QED) is 0.0517. The first-order valence-electron chi connectivity index (χ1n) is 19.4. The fraction of sp³-hybridized carbons (Fsp3) is 0.111. The summed E-state index contributed by atoms with van der Waals surface area (Å²) >= 11 is 0.